The summed E-state index contributed by atoms with van der Waals surface area (Å²) < 4.78 is 36.0. The van der Waals surface area contributed by atoms with Crippen molar-refractivity contribution < 1.29 is 13.2 Å². The fraction of sp³-hybridized carbons (Fsp3) is 0.682. The number of likely N-dealkylation sites (tertiary alicyclic amines) is 1. The quantitative estimate of drug-likeness (QED) is 0.502. The van der Waals surface area contributed by atoms with Gasteiger partial charge in [0.1, 0.15) is 5.75 Å². The molecule has 3 aliphatic rings. The second-order valence-electron chi connectivity index (χ2n) is 9.08. The van der Waals surface area contributed by atoms with Crippen LogP contribution in [0.25, 0.3) is 0 Å². The fourth-order valence-electron chi connectivity index (χ4n) is 5.07. The van der Waals surface area contributed by atoms with Crippen molar-refractivity contribution in [3.05, 3.63) is 29.3 Å². The zero-order valence-electron chi connectivity index (χ0n) is 19.1. The van der Waals surface area contributed by atoms with Crippen LogP contribution in [0.3, 0.4) is 0 Å². The third kappa shape index (κ3) is 5.19. The first-order valence-corrected chi connectivity index (χ1v) is 13.2. The predicted octanol–water partition coefficient (Wildman–Crippen LogP) is 1.68. The van der Waals surface area contributed by atoms with Crippen LogP contribution in [0.5, 0.6) is 5.75 Å². The van der Waals surface area contributed by atoms with Crippen molar-refractivity contribution in [1.29, 1.82) is 0 Å². The second-order valence-corrected chi connectivity index (χ2v) is 10.4. The minimum Gasteiger partial charge on any atom is -0.493 e. The summed E-state index contributed by atoms with van der Waals surface area (Å²) in [5.41, 5.74) is 8.64. The maximum atomic E-state index is 11.9. The Morgan fingerprint density at radius 3 is 2.81 bits per heavy atom. The Morgan fingerprint density at radius 1 is 1.28 bits per heavy atom. The van der Waals surface area contributed by atoms with E-state index >= 15 is 0 Å². The Kier molecular flexibility index (Phi) is 7.24. The normalized spacial score (nSPS) is 25.6. The maximum Gasteiger partial charge on any atom is 0.325 e. The predicted molar refractivity (Wildman–Crippen MR) is 125 cm³/mol. The number of ether oxygens (including phenoxy) is 1. The molecule has 1 aliphatic carbocycles. The van der Waals surface area contributed by atoms with Gasteiger partial charge in [0.2, 0.25) is 5.96 Å². The maximum absolute atomic E-state index is 11.9. The average Bonchev–Trinajstić information content (AvgIpc) is 3.17. The summed E-state index contributed by atoms with van der Waals surface area (Å²) in [4.78, 5) is 4.36. The summed E-state index contributed by atoms with van der Waals surface area (Å²) in [7, 11) is -3.78. The van der Waals surface area contributed by atoms with Crippen LogP contribution in [0.15, 0.2) is 22.6 Å². The number of benzene rings is 1. The van der Waals surface area contributed by atoms with Gasteiger partial charge in [0.15, 0.2) is 6.29 Å². The van der Waals surface area contributed by atoms with Crippen LogP contribution in [0.1, 0.15) is 63.1 Å². The SMILES string of the molecule is CC(C)N1C(N)=NS(=O)(=O)NC1NCCCOc1cccc2c1CCC2N1CCCCC1. The lowest BCUT2D eigenvalue weighted by atomic mass is 10.0. The number of hydrogen-bond donors (Lipinski definition) is 3. The van der Waals surface area contributed by atoms with E-state index in [4.69, 9.17) is 10.5 Å². The molecule has 9 nitrogen and oxygen atoms in total. The standard InChI is InChI=1S/C22H36N6O3S/c1-16(2)28-21(23)25-32(29,30)26-22(28)24-12-7-15-31-20-9-6-8-17-18(20)10-11-19(17)27-13-4-3-5-14-27/h6,8-9,16,19,22,24,26H,3-5,7,10-15H2,1-2H3,(H2,23,25). The number of nitrogens with zero attached hydrogens (tertiary/aromatic N) is 3. The Labute approximate surface area is 191 Å². The fourth-order valence-corrected chi connectivity index (χ4v) is 5.94. The van der Waals surface area contributed by atoms with Gasteiger partial charge in [-0.15, -0.1) is 4.40 Å². The van der Waals surface area contributed by atoms with Crippen molar-refractivity contribution >= 4 is 16.2 Å². The highest BCUT2D eigenvalue weighted by Gasteiger charge is 2.33. The van der Waals surface area contributed by atoms with Gasteiger partial charge in [0.25, 0.3) is 0 Å². The first-order chi connectivity index (χ1) is 15.4. The summed E-state index contributed by atoms with van der Waals surface area (Å²) in [6.45, 7) is 7.42. The van der Waals surface area contributed by atoms with Crippen LogP contribution in [0.4, 0.5) is 0 Å². The summed E-state index contributed by atoms with van der Waals surface area (Å²) in [5.74, 6) is 0.983. The van der Waals surface area contributed by atoms with Gasteiger partial charge >= 0.3 is 10.2 Å². The molecule has 0 aromatic heterocycles. The van der Waals surface area contributed by atoms with Crippen LogP contribution in [-0.4, -0.2) is 62.7 Å². The molecule has 1 aromatic carbocycles. The topological polar surface area (TPSA) is 112 Å². The van der Waals surface area contributed by atoms with Crippen LogP contribution in [-0.2, 0) is 16.6 Å². The largest absolute Gasteiger partial charge is 0.493 e. The smallest absolute Gasteiger partial charge is 0.325 e. The van der Waals surface area contributed by atoms with Crippen molar-refractivity contribution in [3.63, 3.8) is 0 Å². The van der Waals surface area contributed by atoms with Crippen LogP contribution in [0.2, 0.25) is 0 Å². The molecule has 10 heteroatoms. The zero-order valence-corrected chi connectivity index (χ0v) is 19.9. The molecule has 2 unspecified atom stereocenters. The summed E-state index contributed by atoms with van der Waals surface area (Å²) in [5, 5.41) is 3.22. The first-order valence-electron chi connectivity index (χ1n) is 11.7. The number of hydrogen-bond acceptors (Lipinski definition) is 7. The van der Waals surface area contributed by atoms with Crippen molar-refractivity contribution in [2.24, 2.45) is 10.1 Å². The molecule has 32 heavy (non-hydrogen) atoms. The van der Waals surface area contributed by atoms with Crippen LogP contribution < -0.4 is 20.5 Å². The van der Waals surface area contributed by atoms with Gasteiger partial charge in [-0.3, -0.25) is 10.2 Å². The molecule has 0 radical (unpaired) electrons. The molecule has 0 bridgehead atoms. The van der Waals surface area contributed by atoms with E-state index in [1.165, 1.54) is 49.9 Å². The van der Waals surface area contributed by atoms with Gasteiger partial charge in [-0.1, -0.05) is 18.6 Å². The lowest BCUT2D eigenvalue weighted by molar-refractivity contribution is 0.163. The highest BCUT2D eigenvalue weighted by atomic mass is 32.2. The number of nitrogens with two attached hydrogens (primary N) is 1. The summed E-state index contributed by atoms with van der Waals surface area (Å²) >= 11 is 0. The Morgan fingerprint density at radius 2 is 2.06 bits per heavy atom. The molecule has 2 atom stereocenters. The molecule has 1 aromatic rings. The molecule has 1 saturated heterocycles. The van der Waals surface area contributed by atoms with E-state index in [1.807, 2.05) is 13.8 Å². The Balaban J connectivity index is 1.29. The molecule has 178 valence electrons. The molecule has 0 spiro atoms. The lowest BCUT2D eigenvalue weighted by Gasteiger charge is -2.38. The summed E-state index contributed by atoms with van der Waals surface area (Å²) in [6.07, 6.45) is 6.31. The molecular formula is C22H36N6O3S. The van der Waals surface area contributed by atoms with Gasteiger partial charge in [0.05, 0.1) is 6.61 Å². The highest BCUT2D eigenvalue weighted by Crippen LogP contribution is 2.41. The minimum absolute atomic E-state index is 0.00407. The Hall–Kier alpha value is -1.88. The van der Waals surface area contributed by atoms with Crippen LogP contribution in [0, 0.1) is 0 Å². The van der Waals surface area contributed by atoms with Crippen molar-refractivity contribution in [3.8, 4) is 5.75 Å². The molecular weight excluding hydrogens is 428 g/mol. The minimum atomic E-state index is -3.78. The molecule has 1 fully saturated rings. The summed E-state index contributed by atoms with van der Waals surface area (Å²) in [6, 6.07) is 6.96. The highest BCUT2D eigenvalue weighted by molar-refractivity contribution is 7.88. The van der Waals surface area contributed by atoms with Crippen molar-refractivity contribution in [1.82, 2.24) is 19.8 Å². The van der Waals surface area contributed by atoms with E-state index < -0.39 is 16.5 Å². The number of guanidine groups is 1. The van der Waals surface area contributed by atoms with E-state index in [1.54, 1.807) is 4.90 Å². The van der Waals surface area contributed by atoms with Crippen LogP contribution >= 0.6 is 0 Å². The second kappa shape index (κ2) is 9.94. The van der Waals surface area contributed by atoms with Crippen molar-refractivity contribution in [2.45, 2.75) is 70.7 Å². The van der Waals surface area contributed by atoms with Gasteiger partial charge in [-0.05, 0) is 76.2 Å². The molecule has 2 heterocycles. The number of piperidine rings is 1. The zero-order chi connectivity index (χ0) is 22.7. The van der Waals surface area contributed by atoms with E-state index in [9.17, 15) is 8.42 Å². The Bertz CT molecular complexity index is 930. The lowest BCUT2D eigenvalue weighted by Crippen LogP contribution is -2.65. The van der Waals surface area contributed by atoms with Gasteiger partial charge in [0, 0.05) is 18.6 Å². The molecule has 4 rings (SSSR count). The van der Waals surface area contributed by atoms with E-state index in [0.717, 1.165) is 18.6 Å². The number of fused-ring (bicyclic) bond motifs is 1. The average molecular weight is 465 g/mol. The number of rotatable bonds is 8. The molecule has 2 aliphatic heterocycles. The monoisotopic (exact) mass is 464 g/mol. The van der Waals surface area contributed by atoms with E-state index in [0.29, 0.717) is 19.2 Å². The molecule has 0 amide bonds. The van der Waals surface area contributed by atoms with Gasteiger partial charge < -0.3 is 15.4 Å². The first kappa shape index (κ1) is 23.3. The number of nitrogens with one attached hydrogen (secondary N) is 2. The van der Waals surface area contributed by atoms with Gasteiger partial charge in [-0.25, -0.2) is 0 Å². The third-order valence-electron chi connectivity index (χ3n) is 6.52. The third-order valence-corrected chi connectivity index (χ3v) is 7.47. The van der Waals surface area contributed by atoms with E-state index in [-0.39, 0.29) is 12.0 Å². The van der Waals surface area contributed by atoms with E-state index in [2.05, 4.69) is 37.5 Å². The molecule has 0 saturated carbocycles. The van der Waals surface area contributed by atoms with Gasteiger partial charge in [-0.2, -0.15) is 13.1 Å². The molecule has 4 N–H and O–H groups in total. The van der Waals surface area contributed by atoms with Crippen molar-refractivity contribution in [2.75, 3.05) is 26.2 Å².